The Hall–Kier alpha value is -2.28. The van der Waals surface area contributed by atoms with Gasteiger partial charge < -0.3 is 10.0 Å². The highest BCUT2D eigenvalue weighted by molar-refractivity contribution is 9.10. The number of rotatable bonds is 6. The van der Waals surface area contributed by atoms with Gasteiger partial charge in [-0.1, -0.05) is 82.1 Å². The normalized spacial score (nSPS) is 17.7. The number of hydrogen-bond acceptors (Lipinski definition) is 3. The van der Waals surface area contributed by atoms with Crippen molar-refractivity contribution in [1.82, 2.24) is 0 Å². The highest BCUT2D eigenvalue weighted by Crippen LogP contribution is 2.44. The van der Waals surface area contributed by atoms with Gasteiger partial charge in [-0.05, 0) is 47.4 Å². The molecule has 1 unspecified atom stereocenters. The van der Waals surface area contributed by atoms with Gasteiger partial charge in [-0.3, -0.25) is 9.59 Å². The smallest absolute Gasteiger partial charge is 0.264 e. The number of ketones is 1. The van der Waals surface area contributed by atoms with Crippen molar-refractivity contribution in [2.24, 2.45) is 0 Å². The molecule has 4 nitrogen and oxygen atoms in total. The molecule has 1 N–H and O–H groups in total. The van der Waals surface area contributed by atoms with Gasteiger partial charge in [-0.25, -0.2) is 0 Å². The summed E-state index contributed by atoms with van der Waals surface area (Å²) in [6, 6.07) is 20.4. The summed E-state index contributed by atoms with van der Waals surface area (Å²) in [5.41, 5.74) is 1.69. The van der Waals surface area contributed by atoms with E-state index in [4.69, 9.17) is 0 Å². The average Bonchev–Trinajstić information content (AvgIpc) is 2.96. The number of benzene rings is 3. The second-order valence-corrected chi connectivity index (χ2v) is 10.2. The summed E-state index contributed by atoms with van der Waals surface area (Å²) in [6.07, 6.45) is -0.312. The number of carbonyl (C=O) groups excluding carboxylic acids is 2. The van der Waals surface area contributed by atoms with E-state index in [1.54, 1.807) is 29.2 Å². The quantitative estimate of drug-likeness (QED) is 0.360. The molecule has 32 heavy (non-hydrogen) atoms. The molecule has 1 atom stereocenters. The number of fused-ring (bicyclic) bond motifs is 1. The van der Waals surface area contributed by atoms with Crippen LogP contribution in [0.2, 0.25) is 0 Å². The van der Waals surface area contributed by atoms with Crippen LogP contribution in [0.1, 0.15) is 53.2 Å². The standard InChI is InChI=1S/C26H23Br2NO3/c1-16(2)18-5-7-19(8-6-18)24(30)14-26(32)22-13-21(28)11-12-23(22)29(25(26)31)15-17-3-9-20(27)10-4-17/h3-13,16,32H,14-15H2,1-2H3. The van der Waals surface area contributed by atoms with Crippen molar-refractivity contribution < 1.29 is 14.7 Å². The zero-order chi connectivity index (χ0) is 23.0. The van der Waals surface area contributed by atoms with E-state index in [0.717, 1.165) is 20.1 Å². The lowest BCUT2D eigenvalue weighted by Crippen LogP contribution is -2.41. The summed E-state index contributed by atoms with van der Waals surface area (Å²) in [6.45, 7) is 4.48. The van der Waals surface area contributed by atoms with Crippen LogP contribution in [0.15, 0.2) is 75.7 Å². The molecule has 0 fully saturated rings. The molecule has 4 rings (SSSR count). The van der Waals surface area contributed by atoms with Gasteiger partial charge in [-0.15, -0.1) is 0 Å². The first-order chi connectivity index (χ1) is 15.2. The van der Waals surface area contributed by atoms with E-state index in [0.29, 0.717) is 29.3 Å². The van der Waals surface area contributed by atoms with Crippen molar-refractivity contribution in [1.29, 1.82) is 0 Å². The lowest BCUT2D eigenvalue weighted by molar-refractivity contribution is -0.136. The van der Waals surface area contributed by atoms with Crippen LogP contribution in [-0.2, 0) is 16.9 Å². The first kappa shape index (κ1) is 22.9. The van der Waals surface area contributed by atoms with E-state index < -0.39 is 11.5 Å². The van der Waals surface area contributed by atoms with E-state index >= 15 is 0 Å². The third kappa shape index (κ3) is 4.32. The maximum absolute atomic E-state index is 13.5. The van der Waals surface area contributed by atoms with Crippen LogP contribution in [0.25, 0.3) is 0 Å². The molecule has 0 saturated carbocycles. The van der Waals surface area contributed by atoms with Crippen molar-refractivity contribution in [2.75, 3.05) is 4.90 Å². The largest absolute Gasteiger partial charge is 0.375 e. The molecule has 1 aliphatic rings. The second kappa shape index (κ2) is 8.93. The van der Waals surface area contributed by atoms with E-state index in [1.807, 2.05) is 42.5 Å². The maximum Gasteiger partial charge on any atom is 0.264 e. The van der Waals surface area contributed by atoms with Crippen molar-refractivity contribution >= 4 is 49.2 Å². The molecule has 1 amide bonds. The first-order valence-corrected chi connectivity index (χ1v) is 12.0. The molecule has 3 aromatic rings. The highest BCUT2D eigenvalue weighted by Gasteiger charge is 2.51. The summed E-state index contributed by atoms with van der Waals surface area (Å²) < 4.78 is 1.69. The van der Waals surface area contributed by atoms with Gasteiger partial charge >= 0.3 is 0 Å². The van der Waals surface area contributed by atoms with Gasteiger partial charge in [0.25, 0.3) is 5.91 Å². The predicted octanol–water partition coefficient (Wildman–Crippen LogP) is 6.34. The molecule has 0 radical (unpaired) electrons. The van der Waals surface area contributed by atoms with Gasteiger partial charge in [-0.2, -0.15) is 0 Å². The molecule has 3 aromatic carbocycles. The molecule has 1 aliphatic heterocycles. The molecule has 0 saturated heterocycles. The number of carbonyl (C=O) groups is 2. The topological polar surface area (TPSA) is 57.6 Å². The third-order valence-corrected chi connectivity index (χ3v) is 6.89. The van der Waals surface area contributed by atoms with Gasteiger partial charge in [0.15, 0.2) is 11.4 Å². The fourth-order valence-corrected chi connectivity index (χ4v) is 4.64. The van der Waals surface area contributed by atoms with E-state index in [1.165, 1.54) is 0 Å². The minimum absolute atomic E-state index is 0.271. The van der Waals surface area contributed by atoms with Gasteiger partial charge in [0.2, 0.25) is 0 Å². The molecular weight excluding hydrogens is 534 g/mol. The van der Waals surface area contributed by atoms with Crippen LogP contribution >= 0.6 is 31.9 Å². The monoisotopic (exact) mass is 555 g/mol. The van der Waals surface area contributed by atoms with E-state index in [2.05, 4.69) is 45.7 Å². The van der Waals surface area contributed by atoms with Crippen LogP contribution in [0.3, 0.4) is 0 Å². The molecule has 164 valence electrons. The second-order valence-electron chi connectivity index (χ2n) is 8.42. The van der Waals surface area contributed by atoms with Crippen molar-refractivity contribution in [2.45, 2.75) is 38.3 Å². The third-order valence-electron chi connectivity index (χ3n) is 5.86. The number of hydrogen-bond donors (Lipinski definition) is 1. The Morgan fingerprint density at radius 3 is 2.22 bits per heavy atom. The number of Topliss-reactive ketones (excluding diaryl/α,β-unsaturated/α-hetero) is 1. The van der Waals surface area contributed by atoms with Gasteiger partial charge in [0.1, 0.15) is 0 Å². The Balaban J connectivity index is 1.66. The predicted molar refractivity (Wildman–Crippen MR) is 133 cm³/mol. The number of halogens is 2. The minimum atomic E-state index is -1.91. The van der Waals surface area contributed by atoms with Crippen LogP contribution in [0.5, 0.6) is 0 Å². The Morgan fingerprint density at radius 1 is 0.969 bits per heavy atom. The van der Waals surface area contributed by atoms with Crippen LogP contribution in [0, 0.1) is 0 Å². The van der Waals surface area contributed by atoms with E-state index in [9.17, 15) is 14.7 Å². The molecule has 6 heteroatoms. The van der Waals surface area contributed by atoms with Crippen molar-refractivity contribution in [3.63, 3.8) is 0 Å². The molecule has 0 aliphatic carbocycles. The fraction of sp³-hybridized carbons (Fsp3) is 0.231. The maximum atomic E-state index is 13.5. The number of aliphatic hydroxyl groups is 1. The molecule has 1 heterocycles. The summed E-state index contributed by atoms with van der Waals surface area (Å²) in [4.78, 5) is 28.1. The van der Waals surface area contributed by atoms with Gasteiger partial charge in [0.05, 0.1) is 18.7 Å². The number of anilines is 1. The van der Waals surface area contributed by atoms with Crippen molar-refractivity contribution in [3.05, 3.63) is 97.9 Å². The lowest BCUT2D eigenvalue weighted by atomic mass is 9.87. The van der Waals surface area contributed by atoms with Gasteiger partial charge in [0, 0.05) is 20.1 Å². The average molecular weight is 557 g/mol. The van der Waals surface area contributed by atoms with Crippen LogP contribution in [-0.4, -0.2) is 16.8 Å². The molecule has 0 spiro atoms. The zero-order valence-corrected chi connectivity index (χ0v) is 21.0. The Kier molecular flexibility index (Phi) is 6.39. The minimum Gasteiger partial charge on any atom is -0.375 e. The zero-order valence-electron chi connectivity index (χ0n) is 17.8. The summed E-state index contributed by atoms with van der Waals surface area (Å²) in [5, 5.41) is 11.6. The Labute approximate surface area is 204 Å². The van der Waals surface area contributed by atoms with Crippen LogP contribution in [0.4, 0.5) is 5.69 Å². The highest BCUT2D eigenvalue weighted by atomic mass is 79.9. The van der Waals surface area contributed by atoms with E-state index in [-0.39, 0.29) is 12.2 Å². The molecular formula is C26H23Br2NO3. The number of nitrogens with zero attached hydrogens (tertiary/aromatic N) is 1. The lowest BCUT2D eigenvalue weighted by Gasteiger charge is -2.23. The summed E-state index contributed by atoms with van der Waals surface area (Å²) in [7, 11) is 0. The molecule has 0 aromatic heterocycles. The SMILES string of the molecule is CC(C)c1ccc(C(=O)CC2(O)C(=O)N(Cc3ccc(Br)cc3)c3ccc(Br)cc32)cc1. The summed E-state index contributed by atoms with van der Waals surface area (Å²) >= 11 is 6.85. The first-order valence-electron chi connectivity index (χ1n) is 10.4. The van der Waals surface area contributed by atoms with Crippen LogP contribution < -0.4 is 4.90 Å². The number of amides is 1. The Morgan fingerprint density at radius 2 is 1.59 bits per heavy atom. The summed E-state index contributed by atoms with van der Waals surface area (Å²) in [5.74, 6) is -0.399. The fourth-order valence-electron chi connectivity index (χ4n) is 4.01. The van der Waals surface area contributed by atoms with Crippen molar-refractivity contribution in [3.8, 4) is 0 Å². The molecule has 0 bridgehead atoms. The Bertz CT molecular complexity index is 1170.